The molecule has 5 rings (SSSR count). The second-order valence-corrected chi connectivity index (χ2v) is 10.7. The van der Waals surface area contributed by atoms with Crippen LogP contribution in [-0.4, -0.2) is 38.9 Å². The van der Waals surface area contributed by atoms with Crippen molar-refractivity contribution in [3.05, 3.63) is 88.6 Å². The Morgan fingerprint density at radius 2 is 1.65 bits per heavy atom. The molecule has 2 aromatic carbocycles. The smallest absolute Gasteiger partial charge is 0.347 e. The summed E-state index contributed by atoms with van der Waals surface area (Å²) in [6.07, 6.45) is -0.828. The quantitative estimate of drug-likeness (QED) is 0.304. The molecule has 7 nitrogen and oxygen atoms in total. The third-order valence-electron chi connectivity index (χ3n) is 7.45. The fourth-order valence-corrected chi connectivity index (χ4v) is 5.25. The summed E-state index contributed by atoms with van der Waals surface area (Å²) in [4.78, 5) is 35.9. The summed E-state index contributed by atoms with van der Waals surface area (Å²) < 4.78 is 54.5. The average Bonchev–Trinajstić information content (AvgIpc) is 3.47. The van der Waals surface area contributed by atoms with Crippen LogP contribution in [0.5, 0.6) is 0 Å². The first-order chi connectivity index (χ1) is 18.9. The zero-order valence-electron chi connectivity index (χ0n) is 22.1. The third kappa shape index (κ3) is 5.50. The summed E-state index contributed by atoms with van der Waals surface area (Å²) in [6.45, 7) is 4.02. The predicted molar refractivity (Wildman–Crippen MR) is 140 cm³/mol. The number of carbonyl (C=O) groups excluding carboxylic acids is 2. The lowest BCUT2D eigenvalue weighted by Crippen LogP contribution is -2.40. The molecule has 3 heterocycles. The number of nitrogens with one attached hydrogen (secondary N) is 1. The highest BCUT2D eigenvalue weighted by atomic mass is 19.4. The first-order valence-electron chi connectivity index (χ1n) is 13.1. The van der Waals surface area contributed by atoms with Gasteiger partial charge in [0.25, 0.3) is 5.91 Å². The van der Waals surface area contributed by atoms with Gasteiger partial charge in [0.05, 0.1) is 23.8 Å². The number of carbonyl (C=O) groups is 2. The second-order valence-electron chi connectivity index (χ2n) is 10.7. The van der Waals surface area contributed by atoms with Crippen LogP contribution in [0.1, 0.15) is 60.7 Å². The number of urea groups is 1. The van der Waals surface area contributed by atoms with Crippen LogP contribution < -0.4 is 10.2 Å². The largest absolute Gasteiger partial charge is 0.416 e. The van der Waals surface area contributed by atoms with Crippen LogP contribution in [-0.2, 0) is 30.4 Å². The maximum Gasteiger partial charge on any atom is 0.416 e. The van der Waals surface area contributed by atoms with Gasteiger partial charge in [-0.2, -0.15) is 13.2 Å². The molecule has 1 unspecified atom stereocenters. The molecule has 0 radical (unpaired) electrons. The summed E-state index contributed by atoms with van der Waals surface area (Å²) in [5.74, 6) is -0.659. The van der Waals surface area contributed by atoms with E-state index >= 15 is 4.39 Å². The van der Waals surface area contributed by atoms with Gasteiger partial charge < -0.3 is 10.2 Å². The first-order valence-corrected chi connectivity index (χ1v) is 13.1. The molecule has 3 amide bonds. The lowest BCUT2D eigenvalue weighted by Gasteiger charge is -2.27. The summed E-state index contributed by atoms with van der Waals surface area (Å²) in [7, 11) is 0. The van der Waals surface area contributed by atoms with Crippen LogP contribution in [0.15, 0.2) is 54.9 Å². The minimum atomic E-state index is -4.41. The van der Waals surface area contributed by atoms with Gasteiger partial charge in [0, 0.05) is 6.54 Å². The molecule has 2 aliphatic rings. The summed E-state index contributed by atoms with van der Waals surface area (Å²) in [6, 6.07) is 11.7. The zero-order valence-corrected chi connectivity index (χ0v) is 22.1. The zero-order chi connectivity index (χ0) is 28.7. The maximum absolute atomic E-state index is 15.6. The molecule has 2 saturated heterocycles. The molecule has 40 heavy (non-hydrogen) atoms. The van der Waals surface area contributed by atoms with E-state index in [0.717, 1.165) is 29.7 Å². The van der Waals surface area contributed by atoms with Crippen molar-refractivity contribution in [2.24, 2.45) is 0 Å². The Balaban J connectivity index is 1.25. The van der Waals surface area contributed by atoms with Crippen molar-refractivity contribution in [3.8, 4) is 0 Å². The number of halogens is 4. The Labute approximate surface area is 229 Å². The molecular weight excluding hydrogens is 526 g/mol. The number of aromatic nitrogens is 2. The molecule has 1 N–H and O–H groups in total. The van der Waals surface area contributed by atoms with Gasteiger partial charge in [-0.15, -0.1) is 0 Å². The summed E-state index contributed by atoms with van der Waals surface area (Å²) >= 11 is 0. The fourth-order valence-electron chi connectivity index (χ4n) is 5.25. The van der Waals surface area contributed by atoms with E-state index in [0.29, 0.717) is 31.4 Å². The van der Waals surface area contributed by atoms with Gasteiger partial charge >= 0.3 is 12.2 Å². The molecule has 2 fully saturated rings. The number of hydrogen-bond acceptors (Lipinski definition) is 5. The number of aryl methyl sites for hydroxylation is 2. The van der Waals surface area contributed by atoms with Crippen molar-refractivity contribution >= 4 is 17.8 Å². The topological polar surface area (TPSA) is 78.4 Å². The van der Waals surface area contributed by atoms with Gasteiger partial charge in [-0.25, -0.2) is 19.2 Å². The number of amides is 3. The molecule has 1 atom stereocenters. The summed E-state index contributed by atoms with van der Waals surface area (Å²) in [5.41, 5.74) is 1.02. The number of rotatable bonds is 7. The van der Waals surface area contributed by atoms with E-state index in [9.17, 15) is 22.8 Å². The molecular formula is C29H29F4N5O2. The van der Waals surface area contributed by atoms with E-state index < -0.39 is 29.1 Å². The molecule has 0 aliphatic carbocycles. The molecule has 0 saturated carbocycles. The van der Waals surface area contributed by atoms with Crippen LogP contribution in [0.4, 0.5) is 28.2 Å². The van der Waals surface area contributed by atoms with E-state index in [2.05, 4.69) is 15.3 Å². The Kier molecular flexibility index (Phi) is 7.24. The van der Waals surface area contributed by atoms with E-state index in [-0.39, 0.29) is 30.0 Å². The highest BCUT2D eigenvalue weighted by Crippen LogP contribution is 2.38. The Morgan fingerprint density at radius 1 is 0.975 bits per heavy atom. The minimum absolute atomic E-state index is 0.152. The Bertz CT molecular complexity index is 1410. The molecule has 0 spiro atoms. The highest BCUT2D eigenvalue weighted by molar-refractivity contribution is 6.06. The van der Waals surface area contributed by atoms with Gasteiger partial charge in [0.15, 0.2) is 11.6 Å². The van der Waals surface area contributed by atoms with Crippen molar-refractivity contribution in [2.45, 2.75) is 63.8 Å². The lowest BCUT2D eigenvalue weighted by atomic mass is 10.0. The molecule has 11 heteroatoms. The highest BCUT2D eigenvalue weighted by Gasteiger charge is 2.44. The Morgan fingerprint density at radius 3 is 2.27 bits per heavy atom. The molecule has 1 aromatic heterocycles. The Hall–Kier alpha value is -4.02. The minimum Gasteiger partial charge on any atom is -0.347 e. The van der Waals surface area contributed by atoms with E-state index in [1.54, 1.807) is 18.7 Å². The van der Waals surface area contributed by atoms with Crippen LogP contribution in [0.3, 0.4) is 0 Å². The van der Waals surface area contributed by atoms with Crippen molar-refractivity contribution in [1.29, 1.82) is 0 Å². The van der Waals surface area contributed by atoms with Crippen LogP contribution in [0.25, 0.3) is 0 Å². The van der Waals surface area contributed by atoms with Crippen LogP contribution in [0, 0.1) is 5.82 Å². The monoisotopic (exact) mass is 555 g/mol. The molecule has 3 aromatic rings. The van der Waals surface area contributed by atoms with Crippen LogP contribution in [0.2, 0.25) is 0 Å². The average molecular weight is 556 g/mol. The normalized spacial score (nSPS) is 18.9. The number of alkyl halides is 3. The number of benzene rings is 2. The van der Waals surface area contributed by atoms with Crippen molar-refractivity contribution in [3.63, 3.8) is 0 Å². The van der Waals surface area contributed by atoms with Gasteiger partial charge in [0.2, 0.25) is 0 Å². The molecule has 210 valence electrons. The molecule has 0 bridgehead atoms. The number of hydrogen-bond donors (Lipinski definition) is 1. The van der Waals surface area contributed by atoms with Crippen LogP contribution >= 0.6 is 0 Å². The molecule has 2 aliphatic heterocycles. The number of nitrogens with zero attached hydrogens (tertiary/aromatic N) is 4. The van der Waals surface area contributed by atoms with E-state index in [4.69, 9.17) is 0 Å². The number of imide groups is 1. The van der Waals surface area contributed by atoms with E-state index in [1.165, 1.54) is 23.4 Å². The van der Waals surface area contributed by atoms with Gasteiger partial charge in [-0.3, -0.25) is 9.69 Å². The first kappa shape index (κ1) is 27.5. The van der Waals surface area contributed by atoms with Crippen molar-refractivity contribution in [2.75, 3.05) is 11.4 Å². The van der Waals surface area contributed by atoms with Crippen molar-refractivity contribution in [1.82, 2.24) is 20.2 Å². The van der Waals surface area contributed by atoms with E-state index in [1.807, 2.05) is 24.3 Å². The lowest BCUT2D eigenvalue weighted by molar-refractivity contribution is -0.137. The van der Waals surface area contributed by atoms with Gasteiger partial charge in [0.1, 0.15) is 11.9 Å². The third-order valence-corrected chi connectivity index (χ3v) is 7.45. The standard InChI is InChI=1S/C29H29F4N5O2/c1-28(2)26(39)38(27(40)36-28)16-19-7-5-18(6-8-19)9-14-22-24(30)25(35-17-34-22)37-15-3-4-23(37)20-10-12-21(13-11-20)29(31,32)33/h5-8,10-13,17,23H,3-4,9,14-16H2,1-2H3,(H,36,40). The SMILES string of the molecule is CC1(C)NC(=O)N(Cc2ccc(CCc3ncnc(N4CCCC4c4ccc(C(F)(F)F)cc4)c3F)cc2)C1=O. The van der Waals surface area contributed by atoms with Gasteiger partial charge in [-0.05, 0) is 68.4 Å². The second kappa shape index (κ2) is 10.5. The number of anilines is 1. The fraction of sp³-hybridized carbons (Fsp3) is 0.379. The van der Waals surface area contributed by atoms with Gasteiger partial charge in [-0.1, -0.05) is 36.4 Å². The van der Waals surface area contributed by atoms with Crippen molar-refractivity contribution < 1.29 is 27.2 Å². The maximum atomic E-state index is 15.6. The predicted octanol–water partition coefficient (Wildman–Crippen LogP) is 5.59. The summed E-state index contributed by atoms with van der Waals surface area (Å²) in [5, 5.41) is 2.66.